The molecule has 74 heavy (non-hydrogen) atoms. The predicted molar refractivity (Wildman–Crippen MR) is 294 cm³/mol. The van der Waals surface area contributed by atoms with Gasteiger partial charge < -0.3 is 39.1 Å². The molecule has 7 heterocycles. The summed E-state index contributed by atoms with van der Waals surface area (Å²) in [6.45, 7) is 19.3. The standard InChI is InChI=1S/C53H66BrN12O7P/c1-6-34-28-40(58-52-55-31-38(54)49(60-52)57-39-13-12-36-37(48(39)74(4,5)71)30-56-65(7-2)51(36)69)45(72-8-3)29-44(34)64-22-18-35(19-23-64)62-26-24-61(25-27-62)32-33-16-20-63(21-17-33)41-10-9-11-42-47(41)73-53(70)66(42)43-14-15-46(67)59-50(43)68/h9-13,28-31,33,35,43H,6-8,14-27,32H2,1-5H3,(H,59,67,68)(H2,55,57,58,60). The second-order valence-corrected chi connectivity index (χ2v) is 24.3. The number of imide groups is 1. The Balaban J connectivity index is 0.738. The molecular weight excluding hydrogens is 1030 g/mol. The Labute approximate surface area is 438 Å². The topological polar surface area (TPSA) is 205 Å². The van der Waals surface area contributed by atoms with E-state index in [0.29, 0.717) is 74.2 Å². The second kappa shape index (κ2) is 21.6. The summed E-state index contributed by atoms with van der Waals surface area (Å²) in [6.07, 6.45) is 8.86. The number of carbonyl (C=O) groups excluding carboxylic acids is 2. The number of fused-ring (bicyclic) bond motifs is 2. The largest absolute Gasteiger partial charge is 0.492 e. The Kier molecular flexibility index (Phi) is 15.0. The fraction of sp³-hybridized carbons (Fsp3) is 0.491. The van der Waals surface area contributed by atoms with Gasteiger partial charge in [-0.05, 0) is 123 Å². The normalized spacial score (nSPS) is 18.9. The van der Waals surface area contributed by atoms with Crippen LogP contribution >= 0.6 is 23.1 Å². The molecule has 2 amide bonds. The average molecular weight is 1090 g/mol. The third-order valence-electron chi connectivity index (χ3n) is 15.3. The van der Waals surface area contributed by atoms with Crippen LogP contribution in [0, 0.1) is 5.92 Å². The number of oxazole rings is 1. The van der Waals surface area contributed by atoms with Crippen molar-refractivity contribution in [2.24, 2.45) is 5.92 Å². The number of halogens is 1. The summed E-state index contributed by atoms with van der Waals surface area (Å²) in [4.78, 5) is 70.3. The van der Waals surface area contributed by atoms with Crippen LogP contribution in [0.25, 0.3) is 21.9 Å². The summed E-state index contributed by atoms with van der Waals surface area (Å²) >= 11 is 3.61. The molecule has 0 aliphatic carbocycles. The van der Waals surface area contributed by atoms with Crippen LogP contribution in [-0.4, -0.2) is 131 Å². The van der Waals surface area contributed by atoms with Crippen LogP contribution in [-0.2, 0) is 27.1 Å². The van der Waals surface area contributed by atoms with E-state index in [4.69, 9.17) is 14.1 Å². The highest BCUT2D eigenvalue weighted by molar-refractivity contribution is 9.10. The molecule has 3 aromatic carbocycles. The number of hydrogen-bond donors (Lipinski definition) is 3. The van der Waals surface area contributed by atoms with E-state index in [0.717, 1.165) is 108 Å². The number of para-hydroxylation sites is 1. The number of piperazine rings is 1. The number of benzene rings is 3. The number of anilines is 6. The number of nitrogens with zero attached hydrogens (tertiary/aromatic N) is 9. The molecule has 1 atom stereocenters. The smallest absolute Gasteiger partial charge is 0.420 e. The minimum atomic E-state index is -2.91. The maximum absolute atomic E-state index is 13.8. The molecule has 3 N–H and O–H groups in total. The molecule has 0 radical (unpaired) electrons. The number of aryl methyl sites for hydroxylation is 2. The van der Waals surface area contributed by atoms with Crippen molar-refractivity contribution in [3.05, 3.63) is 85.8 Å². The SMILES string of the molecule is CCOc1cc(N2CCC(N3CCN(CC4CCN(c5cccc6c5oc(=O)n6C5CCC(=O)NC5=O)CC4)CC3)CC2)c(CC)cc1Nc1ncc(Br)c(Nc2ccc3c(=O)n(CC)ncc3c2P(C)(C)=O)n1. The highest BCUT2D eigenvalue weighted by atomic mass is 79.9. The first-order chi connectivity index (χ1) is 35.7. The number of piperidine rings is 3. The zero-order chi connectivity index (χ0) is 51.8. The molecular formula is C53H66BrN12O7P. The molecule has 0 saturated carbocycles. The van der Waals surface area contributed by atoms with Gasteiger partial charge in [-0.1, -0.05) is 13.0 Å². The van der Waals surface area contributed by atoms with Crippen molar-refractivity contribution >= 4 is 96.6 Å². The first-order valence-electron chi connectivity index (χ1n) is 26.1. The van der Waals surface area contributed by atoms with Crippen molar-refractivity contribution in [2.45, 2.75) is 84.3 Å². The minimum Gasteiger partial charge on any atom is -0.492 e. The van der Waals surface area contributed by atoms with Gasteiger partial charge in [0.1, 0.15) is 24.8 Å². The highest BCUT2D eigenvalue weighted by Gasteiger charge is 2.34. The zero-order valence-corrected chi connectivity index (χ0v) is 45.3. The van der Waals surface area contributed by atoms with Crippen molar-refractivity contribution in [1.29, 1.82) is 0 Å². The Hall–Kier alpha value is -6.08. The quantitative estimate of drug-likeness (QED) is 0.0696. The Morgan fingerprint density at radius 3 is 2.28 bits per heavy atom. The summed E-state index contributed by atoms with van der Waals surface area (Å²) in [7, 11) is -2.91. The zero-order valence-electron chi connectivity index (χ0n) is 42.9. The summed E-state index contributed by atoms with van der Waals surface area (Å²) in [5.41, 5.74) is 5.47. The van der Waals surface area contributed by atoms with Crippen LogP contribution in [0.1, 0.15) is 70.9 Å². The Morgan fingerprint density at radius 2 is 1.58 bits per heavy atom. The summed E-state index contributed by atoms with van der Waals surface area (Å²) in [5.74, 6) is 0.767. The van der Waals surface area contributed by atoms with E-state index >= 15 is 0 Å². The molecule has 4 fully saturated rings. The van der Waals surface area contributed by atoms with Gasteiger partial charge >= 0.3 is 5.76 Å². The highest BCUT2D eigenvalue weighted by Crippen LogP contribution is 2.42. The molecule has 1 unspecified atom stereocenters. The molecule has 3 aromatic heterocycles. The molecule has 4 aliphatic rings. The maximum Gasteiger partial charge on any atom is 0.420 e. The first kappa shape index (κ1) is 51.4. The fourth-order valence-corrected chi connectivity index (χ4v) is 13.3. The number of amides is 2. The molecule has 4 saturated heterocycles. The van der Waals surface area contributed by atoms with Crippen LogP contribution in [0.15, 0.2) is 73.3 Å². The second-order valence-electron chi connectivity index (χ2n) is 20.3. The van der Waals surface area contributed by atoms with Crippen molar-refractivity contribution in [3.63, 3.8) is 0 Å². The van der Waals surface area contributed by atoms with Gasteiger partial charge in [-0.15, -0.1) is 0 Å². The summed E-state index contributed by atoms with van der Waals surface area (Å²) in [6, 6.07) is 13.3. The van der Waals surface area contributed by atoms with Crippen molar-refractivity contribution < 1.29 is 23.3 Å². The van der Waals surface area contributed by atoms with E-state index < -0.39 is 24.8 Å². The van der Waals surface area contributed by atoms with Crippen LogP contribution in [0.5, 0.6) is 5.75 Å². The lowest BCUT2D eigenvalue weighted by Gasteiger charge is -2.44. The van der Waals surface area contributed by atoms with Crippen LogP contribution in [0.3, 0.4) is 0 Å². The molecule has 10 rings (SSSR count). The predicted octanol–water partition coefficient (Wildman–Crippen LogP) is 7.05. The van der Waals surface area contributed by atoms with Gasteiger partial charge in [0, 0.05) is 107 Å². The van der Waals surface area contributed by atoms with E-state index in [1.54, 1.807) is 37.9 Å². The molecule has 0 bridgehead atoms. The first-order valence-corrected chi connectivity index (χ1v) is 29.5. The lowest BCUT2D eigenvalue weighted by molar-refractivity contribution is -0.135. The van der Waals surface area contributed by atoms with Gasteiger partial charge in [0.15, 0.2) is 5.58 Å². The summed E-state index contributed by atoms with van der Waals surface area (Å²) < 4.78 is 29.3. The molecule has 392 valence electrons. The monoisotopic (exact) mass is 1090 g/mol. The van der Waals surface area contributed by atoms with Crippen LogP contribution < -0.4 is 47.1 Å². The fourth-order valence-electron chi connectivity index (χ4n) is 11.5. The Morgan fingerprint density at radius 1 is 0.838 bits per heavy atom. The third kappa shape index (κ3) is 10.5. The van der Waals surface area contributed by atoms with Crippen LogP contribution in [0.2, 0.25) is 0 Å². The molecule has 0 spiro atoms. The van der Waals surface area contributed by atoms with Gasteiger partial charge in [-0.2, -0.15) is 10.1 Å². The number of aromatic nitrogens is 5. The van der Waals surface area contributed by atoms with Crippen molar-refractivity contribution in [3.8, 4) is 5.75 Å². The van der Waals surface area contributed by atoms with E-state index in [2.05, 4.69) is 80.6 Å². The molecule has 4 aliphatic heterocycles. The maximum atomic E-state index is 13.8. The molecule has 6 aromatic rings. The van der Waals surface area contributed by atoms with Gasteiger partial charge in [0.05, 0.1) is 45.2 Å². The number of ether oxygens (including phenoxy) is 1. The third-order valence-corrected chi connectivity index (χ3v) is 17.4. The van der Waals surface area contributed by atoms with Gasteiger partial charge in [0.25, 0.3) is 5.56 Å². The van der Waals surface area contributed by atoms with E-state index in [-0.39, 0.29) is 24.3 Å². The summed E-state index contributed by atoms with van der Waals surface area (Å²) in [5, 5.41) is 15.1. The lowest BCUT2D eigenvalue weighted by atomic mass is 9.95. The van der Waals surface area contributed by atoms with Crippen molar-refractivity contribution in [2.75, 3.05) is 99.3 Å². The average Bonchev–Trinajstić information content (AvgIpc) is 3.73. The van der Waals surface area contributed by atoms with E-state index in [9.17, 15) is 23.7 Å². The van der Waals surface area contributed by atoms with Crippen molar-refractivity contribution in [1.82, 2.24) is 39.4 Å². The number of carbonyl (C=O) groups is 2. The van der Waals surface area contributed by atoms with Gasteiger partial charge in [-0.25, -0.2) is 14.5 Å². The molecule has 19 nitrogen and oxygen atoms in total. The van der Waals surface area contributed by atoms with Gasteiger partial charge in [0.2, 0.25) is 17.8 Å². The van der Waals surface area contributed by atoms with E-state index in [1.165, 1.54) is 20.5 Å². The van der Waals surface area contributed by atoms with Crippen LogP contribution in [0.4, 0.5) is 34.5 Å². The number of nitrogens with one attached hydrogen (secondary N) is 3. The minimum absolute atomic E-state index is 0.187. The number of hydrogen-bond acceptors (Lipinski definition) is 16. The molecule has 21 heteroatoms. The van der Waals surface area contributed by atoms with E-state index in [1.807, 2.05) is 32.0 Å². The lowest BCUT2D eigenvalue weighted by Crippen LogP contribution is -2.54. The van der Waals surface area contributed by atoms with Gasteiger partial charge in [-0.3, -0.25) is 29.2 Å². The number of rotatable bonds is 15. The Bertz CT molecular complexity index is 3260.